The first-order chi connectivity index (χ1) is 7.92. The van der Waals surface area contributed by atoms with Gasteiger partial charge in [0.2, 0.25) is 0 Å². The Morgan fingerprint density at radius 1 is 0.875 bits per heavy atom. The summed E-state index contributed by atoms with van der Waals surface area (Å²) in [7, 11) is 0. The zero-order valence-electron chi connectivity index (χ0n) is 9.86. The van der Waals surface area contributed by atoms with Crippen LogP contribution in [0.3, 0.4) is 0 Å². The Kier molecular flexibility index (Phi) is 2.96. The van der Waals surface area contributed by atoms with Gasteiger partial charge in [0.25, 0.3) is 0 Å². The maximum absolute atomic E-state index is 3.82. The third-order valence-corrected chi connectivity index (χ3v) is 4.24. The molecule has 1 nitrogen and oxygen atoms in total. The summed E-state index contributed by atoms with van der Waals surface area (Å²) in [6, 6.07) is 12.6. The van der Waals surface area contributed by atoms with Crippen LogP contribution >= 0.6 is 0 Å². The highest BCUT2D eigenvalue weighted by molar-refractivity contribution is 5.22. The molecule has 1 N–H and O–H groups in total. The van der Waals surface area contributed by atoms with Crippen LogP contribution in [0.1, 0.15) is 50.0 Å². The molecule has 86 valence electrons. The summed E-state index contributed by atoms with van der Waals surface area (Å²) in [5.41, 5.74) is 1.53. The van der Waals surface area contributed by atoms with Crippen molar-refractivity contribution in [1.82, 2.24) is 5.32 Å². The summed E-state index contributed by atoms with van der Waals surface area (Å²) in [5.74, 6) is 0.820. The van der Waals surface area contributed by atoms with E-state index >= 15 is 0 Å². The molecule has 16 heavy (non-hydrogen) atoms. The first-order valence-electron chi connectivity index (χ1n) is 6.73. The molecule has 0 heterocycles. The van der Waals surface area contributed by atoms with Crippen molar-refractivity contribution in [2.75, 3.05) is 0 Å². The molecule has 2 aliphatic rings. The summed E-state index contributed by atoms with van der Waals surface area (Å²) in [6.45, 7) is 0. The highest BCUT2D eigenvalue weighted by atomic mass is 15.0. The topological polar surface area (TPSA) is 12.0 Å². The molecule has 3 rings (SSSR count). The van der Waals surface area contributed by atoms with Crippen molar-refractivity contribution in [3.8, 4) is 0 Å². The first-order valence-corrected chi connectivity index (χ1v) is 6.73. The van der Waals surface area contributed by atoms with Crippen LogP contribution in [0.2, 0.25) is 0 Å². The van der Waals surface area contributed by atoms with E-state index in [0.717, 1.165) is 18.0 Å². The molecule has 2 aliphatic carbocycles. The second-order valence-electron chi connectivity index (χ2n) is 5.42. The fourth-order valence-electron chi connectivity index (χ4n) is 3.18. The van der Waals surface area contributed by atoms with Crippen LogP contribution in [-0.4, -0.2) is 12.1 Å². The van der Waals surface area contributed by atoms with E-state index in [1.807, 2.05) is 0 Å². The number of benzene rings is 1. The molecule has 0 atom stereocenters. The monoisotopic (exact) mass is 215 g/mol. The molecule has 0 saturated heterocycles. The van der Waals surface area contributed by atoms with Crippen LogP contribution in [0, 0.1) is 0 Å². The summed E-state index contributed by atoms with van der Waals surface area (Å²) in [6.07, 6.45) is 8.39. The smallest absolute Gasteiger partial charge is 0.00813 e. The Bertz CT molecular complexity index is 321. The standard InChI is InChI=1S/C15H21N/c1-2-6-12(7-3-1)13-10-15(11-13)16-14-8-4-5-9-14/h1-3,6-7,13-16H,4-5,8-11H2. The minimum atomic E-state index is 0.799. The van der Waals surface area contributed by atoms with Gasteiger partial charge >= 0.3 is 0 Å². The van der Waals surface area contributed by atoms with Crippen LogP contribution in [0.15, 0.2) is 30.3 Å². The van der Waals surface area contributed by atoms with Gasteiger partial charge in [-0.05, 0) is 37.2 Å². The Balaban J connectivity index is 1.47. The molecule has 0 bridgehead atoms. The van der Waals surface area contributed by atoms with Crippen molar-refractivity contribution in [2.24, 2.45) is 0 Å². The lowest BCUT2D eigenvalue weighted by molar-refractivity contribution is 0.265. The number of nitrogens with one attached hydrogen (secondary N) is 1. The molecular weight excluding hydrogens is 194 g/mol. The molecule has 0 aromatic heterocycles. The maximum Gasteiger partial charge on any atom is 0.00813 e. The van der Waals surface area contributed by atoms with Crippen molar-refractivity contribution in [3.63, 3.8) is 0 Å². The Hall–Kier alpha value is -0.820. The van der Waals surface area contributed by atoms with E-state index in [2.05, 4.69) is 35.6 Å². The SMILES string of the molecule is c1ccc(C2CC(NC3CCCC3)C2)cc1. The average molecular weight is 215 g/mol. The number of rotatable bonds is 3. The van der Waals surface area contributed by atoms with Crippen LogP contribution < -0.4 is 5.32 Å². The highest BCUT2D eigenvalue weighted by Crippen LogP contribution is 2.37. The van der Waals surface area contributed by atoms with E-state index in [9.17, 15) is 0 Å². The fourth-order valence-corrected chi connectivity index (χ4v) is 3.18. The van der Waals surface area contributed by atoms with Gasteiger partial charge in [0, 0.05) is 12.1 Å². The van der Waals surface area contributed by atoms with Gasteiger partial charge in [0.05, 0.1) is 0 Å². The molecule has 2 fully saturated rings. The van der Waals surface area contributed by atoms with Gasteiger partial charge in [-0.25, -0.2) is 0 Å². The van der Waals surface area contributed by atoms with Gasteiger partial charge < -0.3 is 5.32 Å². The minimum Gasteiger partial charge on any atom is -0.311 e. The summed E-state index contributed by atoms with van der Waals surface area (Å²) >= 11 is 0. The van der Waals surface area contributed by atoms with Gasteiger partial charge in [-0.1, -0.05) is 43.2 Å². The van der Waals surface area contributed by atoms with Crippen molar-refractivity contribution >= 4 is 0 Å². The normalized spacial score (nSPS) is 30.2. The lowest BCUT2D eigenvalue weighted by atomic mass is 9.75. The van der Waals surface area contributed by atoms with E-state index in [0.29, 0.717) is 0 Å². The predicted octanol–water partition coefficient (Wildman–Crippen LogP) is 3.46. The molecule has 1 aromatic carbocycles. The lowest BCUT2D eigenvalue weighted by Crippen LogP contribution is -2.44. The highest BCUT2D eigenvalue weighted by Gasteiger charge is 2.31. The summed E-state index contributed by atoms with van der Waals surface area (Å²) in [5, 5.41) is 3.82. The second kappa shape index (κ2) is 4.58. The van der Waals surface area contributed by atoms with Gasteiger partial charge in [-0.2, -0.15) is 0 Å². The van der Waals surface area contributed by atoms with E-state index in [4.69, 9.17) is 0 Å². The third-order valence-electron chi connectivity index (χ3n) is 4.24. The van der Waals surface area contributed by atoms with Crippen LogP contribution in [-0.2, 0) is 0 Å². The van der Waals surface area contributed by atoms with Crippen LogP contribution in [0.5, 0.6) is 0 Å². The Morgan fingerprint density at radius 2 is 1.56 bits per heavy atom. The van der Waals surface area contributed by atoms with Crippen LogP contribution in [0.25, 0.3) is 0 Å². The summed E-state index contributed by atoms with van der Waals surface area (Å²) < 4.78 is 0. The molecule has 0 amide bonds. The van der Waals surface area contributed by atoms with E-state index in [-0.39, 0.29) is 0 Å². The largest absolute Gasteiger partial charge is 0.311 e. The fraction of sp³-hybridized carbons (Fsp3) is 0.600. The molecule has 1 heteroatoms. The van der Waals surface area contributed by atoms with Crippen molar-refractivity contribution < 1.29 is 0 Å². The quantitative estimate of drug-likeness (QED) is 0.814. The van der Waals surface area contributed by atoms with E-state index in [1.54, 1.807) is 0 Å². The van der Waals surface area contributed by atoms with E-state index in [1.165, 1.54) is 44.1 Å². The number of hydrogen-bond acceptors (Lipinski definition) is 1. The molecular formula is C15H21N. The maximum atomic E-state index is 3.82. The number of hydrogen-bond donors (Lipinski definition) is 1. The second-order valence-corrected chi connectivity index (χ2v) is 5.42. The zero-order valence-corrected chi connectivity index (χ0v) is 9.86. The molecule has 1 aromatic rings. The minimum absolute atomic E-state index is 0.799. The Morgan fingerprint density at radius 3 is 2.25 bits per heavy atom. The third kappa shape index (κ3) is 2.15. The molecule has 2 saturated carbocycles. The lowest BCUT2D eigenvalue weighted by Gasteiger charge is -2.38. The van der Waals surface area contributed by atoms with Gasteiger partial charge in [-0.15, -0.1) is 0 Å². The summed E-state index contributed by atoms with van der Waals surface area (Å²) in [4.78, 5) is 0. The van der Waals surface area contributed by atoms with Crippen molar-refractivity contribution in [3.05, 3.63) is 35.9 Å². The van der Waals surface area contributed by atoms with Gasteiger partial charge in [-0.3, -0.25) is 0 Å². The molecule has 0 radical (unpaired) electrons. The predicted molar refractivity (Wildman–Crippen MR) is 67.6 cm³/mol. The van der Waals surface area contributed by atoms with E-state index < -0.39 is 0 Å². The molecule has 0 aliphatic heterocycles. The van der Waals surface area contributed by atoms with Crippen LogP contribution in [0.4, 0.5) is 0 Å². The van der Waals surface area contributed by atoms with Gasteiger partial charge in [0.15, 0.2) is 0 Å². The first kappa shape index (κ1) is 10.3. The molecule has 0 spiro atoms. The zero-order chi connectivity index (χ0) is 10.8. The average Bonchev–Trinajstić information content (AvgIpc) is 2.77. The van der Waals surface area contributed by atoms with Crippen molar-refractivity contribution in [1.29, 1.82) is 0 Å². The molecule has 0 unspecified atom stereocenters. The van der Waals surface area contributed by atoms with Crippen molar-refractivity contribution in [2.45, 2.75) is 56.5 Å². The van der Waals surface area contributed by atoms with Gasteiger partial charge in [0.1, 0.15) is 0 Å². The Labute approximate surface area is 98.3 Å².